The van der Waals surface area contributed by atoms with Gasteiger partial charge in [0.2, 0.25) is 23.6 Å². The fraction of sp³-hybridized carbons (Fsp3) is 0.380. The molecule has 0 spiro atoms. The van der Waals surface area contributed by atoms with Crippen molar-refractivity contribution < 1.29 is 78.3 Å². The fourth-order valence-corrected chi connectivity index (χ4v) is 19.0. The van der Waals surface area contributed by atoms with Crippen LogP contribution in [-0.4, -0.2) is 222 Å². The number of carboxylic acids is 1. The van der Waals surface area contributed by atoms with Gasteiger partial charge in [0.1, 0.15) is 47.7 Å². The highest BCUT2D eigenvalue weighted by molar-refractivity contribution is 6.11. The molecule has 23 nitrogen and oxygen atoms in total. The Morgan fingerprint density at radius 3 is 1.15 bits per heavy atom. The molecule has 5 fully saturated rings. The maximum atomic E-state index is 14.2. The Bertz CT molecular complexity index is 6050. The van der Waals surface area contributed by atoms with Gasteiger partial charge in [-0.25, -0.2) is 22.0 Å². The number of hydrogen-bond acceptors (Lipinski definition) is 15. The summed E-state index contributed by atoms with van der Waals surface area (Å²) < 4.78 is 70.6. The van der Waals surface area contributed by atoms with E-state index in [0.29, 0.717) is 116 Å². The van der Waals surface area contributed by atoms with Gasteiger partial charge in [-0.3, -0.25) is 53.2 Å². The largest absolute Gasteiger partial charge is 1.00 e. The second-order valence-corrected chi connectivity index (χ2v) is 40.1. The third kappa shape index (κ3) is 25.6. The van der Waals surface area contributed by atoms with Crippen LogP contribution in [0.3, 0.4) is 0 Å². The Hall–Kier alpha value is -12.3. The van der Waals surface area contributed by atoms with E-state index >= 15 is 0 Å². The molecule has 5 saturated heterocycles. The van der Waals surface area contributed by atoms with Crippen LogP contribution >= 0.6 is 0 Å². The van der Waals surface area contributed by atoms with Crippen molar-refractivity contribution in [1.82, 2.24) is 44.9 Å². The van der Waals surface area contributed by atoms with Crippen LogP contribution in [0.4, 0.5) is 50.4 Å². The van der Waals surface area contributed by atoms with Gasteiger partial charge in [0.25, 0.3) is 11.8 Å². The van der Waals surface area contributed by atoms with Gasteiger partial charge in [-0.15, -0.1) is 0 Å². The lowest BCUT2D eigenvalue weighted by atomic mass is 9.91. The SMILES string of the molecule is CC(C)(C)CC(=O)N1CCN2Cc3cc(-c4ccccc4F)ccc3NC(=O)C2C1.CC(C)(C)CC(=O)N1CCN2Cc3cc(-c4ccccc4F)ccc3NCC2C1.CC(C)(C)CC(=O)O.Fc1ccccc1-c1ccc2c(c1)CN1CCNCC1CN2.O=C1Nc2ccc(-c3ccccc3F)cc2C(=O)N2CC[NH2+]CC12.O=C1Nc2ccc(-c3ccccc3F)cc2CN2CCNCC12.[Cl-]. The van der Waals surface area contributed by atoms with E-state index in [1.54, 1.807) is 77.7 Å². The summed E-state index contributed by atoms with van der Waals surface area (Å²) in [5, 5.41) is 32.9. The van der Waals surface area contributed by atoms with Crippen molar-refractivity contribution in [2.45, 2.75) is 138 Å². The minimum atomic E-state index is -0.725. The Kier molecular flexibility index (Phi) is 32.7. The normalized spacial score (nSPS) is 19.6. The van der Waals surface area contributed by atoms with Crippen LogP contribution in [0.5, 0.6) is 0 Å². The highest BCUT2D eigenvalue weighted by Gasteiger charge is 2.42. The van der Waals surface area contributed by atoms with E-state index in [0.717, 1.165) is 136 Å². The molecule has 137 heavy (non-hydrogen) atoms. The lowest BCUT2D eigenvalue weighted by Crippen LogP contribution is -3.00. The van der Waals surface area contributed by atoms with E-state index in [1.165, 1.54) is 47.1 Å². The van der Waals surface area contributed by atoms with Crippen molar-refractivity contribution in [2.75, 3.05) is 138 Å². The van der Waals surface area contributed by atoms with E-state index in [9.17, 15) is 55.5 Å². The summed E-state index contributed by atoms with van der Waals surface area (Å²) in [6.45, 7) is 34.4. The molecule has 10 aliphatic heterocycles. The predicted molar refractivity (Wildman–Crippen MR) is 524 cm³/mol. The number of nitrogens with two attached hydrogens (primary N) is 1. The number of fused-ring (bicyclic) bond motifs is 10. The summed E-state index contributed by atoms with van der Waals surface area (Å²) in [5.74, 6) is -2.00. The number of nitrogens with one attached hydrogen (secondary N) is 7. The minimum absolute atomic E-state index is 0. The van der Waals surface area contributed by atoms with E-state index in [2.05, 4.69) is 102 Å². The van der Waals surface area contributed by atoms with Crippen molar-refractivity contribution in [3.05, 3.63) is 269 Å². The Morgan fingerprint density at radius 2 is 0.715 bits per heavy atom. The summed E-state index contributed by atoms with van der Waals surface area (Å²) >= 11 is 0. The number of aliphatic carboxylic acids is 1. The molecule has 0 bridgehead atoms. The molecule has 20 rings (SSSR count). The van der Waals surface area contributed by atoms with Gasteiger partial charge in [-0.05, 0) is 157 Å². The monoisotopic (exact) mass is 1890 g/mol. The zero-order valence-corrected chi connectivity index (χ0v) is 80.1. The van der Waals surface area contributed by atoms with Crippen LogP contribution in [0, 0.1) is 45.3 Å². The zero-order chi connectivity index (χ0) is 96.3. The third-order valence-electron chi connectivity index (χ3n) is 26.1. The van der Waals surface area contributed by atoms with E-state index in [-0.39, 0.29) is 118 Å². The first-order valence-corrected chi connectivity index (χ1v) is 47.2. The first-order chi connectivity index (χ1) is 65.1. The van der Waals surface area contributed by atoms with Crippen LogP contribution in [0.25, 0.3) is 55.6 Å². The molecule has 0 saturated carbocycles. The van der Waals surface area contributed by atoms with Crippen molar-refractivity contribution >= 4 is 69.8 Å². The molecule has 10 N–H and O–H groups in total. The number of rotatable bonds is 8. The highest BCUT2D eigenvalue weighted by Crippen LogP contribution is 2.39. The van der Waals surface area contributed by atoms with Crippen LogP contribution in [-0.2, 0) is 54.9 Å². The number of carboxylic acid groups (broad SMARTS) is 1. The van der Waals surface area contributed by atoms with E-state index in [1.807, 2.05) is 142 Å². The lowest BCUT2D eigenvalue weighted by Gasteiger charge is -2.41. The number of hydrogen-bond donors (Lipinski definition) is 9. The highest BCUT2D eigenvalue weighted by atomic mass is 35.5. The maximum absolute atomic E-state index is 14.2. The number of halogens is 6. The number of nitrogens with zero attached hydrogens (tertiary/aromatic N) is 7. The Morgan fingerprint density at radius 1 is 0.365 bits per heavy atom. The summed E-state index contributed by atoms with van der Waals surface area (Å²) in [5.41, 5.74) is 16.0. The second-order valence-electron chi connectivity index (χ2n) is 40.1. The quantitative estimate of drug-likeness (QED) is 0.0641. The van der Waals surface area contributed by atoms with Crippen molar-refractivity contribution in [3.63, 3.8) is 0 Å². The molecule has 10 aliphatic rings. The number of carbonyl (C=O) groups excluding carboxylic acids is 6. The van der Waals surface area contributed by atoms with Crippen LogP contribution < -0.4 is 54.9 Å². The number of quaternary nitrogens is 1. The molecule has 10 heterocycles. The second kappa shape index (κ2) is 44.5. The Labute approximate surface area is 805 Å². The van der Waals surface area contributed by atoms with Crippen molar-refractivity contribution in [3.8, 4) is 55.6 Å². The summed E-state index contributed by atoms with van der Waals surface area (Å²) in [6.07, 6.45) is 1.29. The van der Waals surface area contributed by atoms with Gasteiger partial charge in [-0.2, -0.15) is 0 Å². The number of anilines is 5. The van der Waals surface area contributed by atoms with Crippen LogP contribution in [0.1, 0.15) is 114 Å². The number of piperazine rings is 5. The smallest absolute Gasteiger partial charge is 0.303 e. The maximum Gasteiger partial charge on any atom is 0.303 e. The van der Waals surface area contributed by atoms with E-state index in [4.69, 9.17) is 5.11 Å². The van der Waals surface area contributed by atoms with Gasteiger partial charge in [0.05, 0.1) is 30.8 Å². The van der Waals surface area contributed by atoms with Crippen LogP contribution in [0.2, 0.25) is 0 Å². The Balaban J connectivity index is 0.000000134. The molecule has 0 radical (unpaired) electrons. The topological polar surface area (TPSA) is 263 Å². The molecule has 5 unspecified atom stereocenters. The summed E-state index contributed by atoms with van der Waals surface area (Å²) in [7, 11) is 0. The number of carbonyl (C=O) groups is 7. The van der Waals surface area contributed by atoms with Crippen LogP contribution in [0.15, 0.2) is 212 Å². The van der Waals surface area contributed by atoms with Gasteiger partial charge in [-0.1, -0.05) is 184 Å². The van der Waals surface area contributed by atoms with Gasteiger partial charge in [0.15, 0.2) is 6.04 Å². The first kappa shape index (κ1) is 101. The number of benzene rings is 10. The molecule has 10 aromatic rings. The average Bonchev–Trinajstić information content (AvgIpc) is 1.67. The molecule has 29 heteroatoms. The van der Waals surface area contributed by atoms with E-state index < -0.39 is 12.0 Å². The molecule has 6 amide bonds. The fourth-order valence-electron chi connectivity index (χ4n) is 19.0. The van der Waals surface area contributed by atoms with Gasteiger partial charge < -0.3 is 74.7 Å². The molecular weight excluding hydrogens is 1770 g/mol. The average molecular weight is 1890 g/mol. The summed E-state index contributed by atoms with van der Waals surface area (Å²) in [6, 6.07) is 62.4. The minimum Gasteiger partial charge on any atom is -1.00 e. The van der Waals surface area contributed by atoms with Crippen molar-refractivity contribution in [1.29, 1.82) is 0 Å². The van der Waals surface area contributed by atoms with Crippen molar-refractivity contribution in [2.24, 2.45) is 16.2 Å². The van der Waals surface area contributed by atoms with Gasteiger partial charge >= 0.3 is 5.97 Å². The molecule has 0 aromatic heterocycles. The molecule has 5 atom stereocenters. The summed E-state index contributed by atoms with van der Waals surface area (Å²) in [4.78, 5) is 101. The standard InChI is InChI=1S/C24H28FN3O2.C24H30FN3O.C18H16FN3O2.C18H18FN3O.C18H20FN3.C6H12O2.ClH/c1-24(2,3)13-22(29)28-11-10-27-14-17-12-16(18-6-4-5-7-19(18)25)8-9-20(17)26-23(30)21(27)15-28;1-24(2,3)13-23(29)28-11-10-27-15-18-12-17(20-6-4-5-7-21(20)25)8-9-22(18)26-14-19(27)16-28;19-14-4-2-1-3-12(14)11-5-6-15-13(9-11)18(24)22-8-7-20-10-16(22)17(23)21-15;19-15-4-2-1-3-14(15)12-5-6-16-13(9-12)11-22-8-7-20-10-17(22)18(23)21-16;19-17-4-2-1-3-16(17)13-5-6-18-14(9-13)12-22-8-7-20-10-15(22)11-21-18;1-6(2,3)4-5(7)8;/h4-9,12,21H,10-11,13-15H2,1-3H3,(H,26,30);4-9,12,19,26H,10-11,13-16H2,1-3H3;1-6,9,16,20H,7-8,10H2,(H,21,23);1-6,9,17,20H,7-8,10-11H2,(H,21,23);1-6,9,15,20-21H,7-8,10-12H2;4H2,1-3H3,(H,7,8);1H. The molecule has 10 aromatic carbocycles. The number of amides is 6. The van der Waals surface area contributed by atoms with Gasteiger partial charge in [0, 0.05) is 193 Å². The molecule has 722 valence electrons. The molecular formula is C108H125ClF5N15O8. The third-order valence-corrected chi connectivity index (χ3v) is 26.1. The zero-order valence-electron chi connectivity index (χ0n) is 79.3. The predicted octanol–water partition coefficient (Wildman–Crippen LogP) is 12.5. The first-order valence-electron chi connectivity index (χ1n) is 47.2. The lowest BCUT2D eigenvalue weighted by molar-refractivity contribution is -0.665. The molecule has 0 aliphatic carbocycles.